The fourth-order valence-electron chi connectivity index (χ4n) is 2.16. The summed E-state index contributed by atoms with van der Waals surface area (Å²) in [6.07, 6.45) is 4.17. The Kier molecular flexibility index (Phi) is 5.24. The molecule has 0 radical (unpaired) electrons. The van der Waals surface area contributed by atoms with Gasteiger partial charge in [-0.1, -0.05) is 0 Å². The van der Waals surface area contributed by atoms with Gasteiger partial charge in [0.05, 0.1) is 6.42 Å². The van der Waals surface area contributed by atoms with E-state index in [1.54, 1.807) is 17.3 Å². The van der Waals surface area contributed by atoms with E-state index in [2.05, 4.69) is 15.0 Å². The van der Waals surface area contributed by atoms with Gasteiger partial charge in [0.25, 0.3) is 5.56 Å². The van der Waals surface area contributed by atoms with Crippen LogP contribution in [0.5, 0.6) is 0 Å². The molecule has 0 unspecified atom stereocenters. The molecule has 2 aromatic heterocycles. The monoisotopic (exact) mass is 302 g/mol. The number of aromatic amines is 2. The Morgan fingerprint density at radius 2 is 1.95 bits per heavy atom. The van der Waals surface area contributed by atoms with Crippen LogP contribution in [0.25, 0.3) is 0 Å². The van der Waals surface area contributed by atoms with Crippen molar-refractivity contribution in [3.05, 3.63) is 62.7 Å². The van der Waals surface area contributed by atoms with Crippen molar-refractivity contribution in [1.82, 2.24) is 19.9 Å². The highest BCUT2D eigenvalue weighted by Gasteiger charge is 2.13. The highest BCUT2D eigenvalue weighted by Crippen LogP contribution is 2.02. The lowest BCUT2D eigenvalue weighted by molar-refractivity contribution is -0.130. The number of hydrogen-bond acceptors (Lipinski definition) is 4. The first-order valence-corrected chi connectivity index (χ1v) is 7.07. The van der Waals surface area contributed by atoms with E-state index in [0.717, 1.165) is 12.0 Å². The van der Waals surface area contributed by atoms with Crippen molar-refractivity contribution in [1.29, 1.82) is 0 Å². The molecule has 0 fully saturated rings. The predicted molar refractivity (Wildman–Crippen MR) is 81.6 cm³/mol. The average molecular weight is 302 g/mol. The molecule has 0 saturated heterocycles. The number of rotatable bonds is 6. The number of carbonyl (C=O) groups excluding carboxylic acids is 1. The molecule has 2 aromatic rings. The summed E-state index contributed by atoms with van der Waals surface area (Å²) in [5.74, 6) is -0.127. The van der Waals surface area contributed by atoms with Gasteiger partial charge in [-0.05, 0) is 31.0 Å². The average Bonchev–Trinajstić information content (AvgIpc) is 2.47. The highest BCUT2D eigenvalue weighted by atomic mass is 16.2. The van der Waals surface area contributed by atoms with Crippen LogP contribution in [-0.2, 0) is 17.6 Å². The molecular weight excluding hydrogens is 284 g/mol. The van der Waals surface area contributed by atoms with Gasteiger partial charge in [-0.2, -0.15) is 0 Å². The largest absolute Gasteiger partial charge is 0.342 e. The second-order valence-electron chi connectivity index (χ2n) is 4.87. The Morgan fingerprint density at radius 1 is 1.23 bits per heavy atom. The van der Waals surface area contributed by atoms with Crippen molar-refractivity contribution in [3.63, 3.8) is 0 Å². The van der Waals surface area contributed by atoms with Gasteiger partial charge in [-0.15, -0.1) is 0 Å². The fraction of sp³-hybridized carbons (Fsp3) is 0.333. The van der Waals surface area contributed by atoms with E-state index in [-0.39, 0.29) is 12.3 Å². The molecule has 1 amide bonds. The Morgan fingerprint density at radius 3 is 2.59 bits per heavy atom. The molecule has 7 nitrogen and oxygen atoms in total. The summed E-state index contributed by atoms with van der Waals surface area (Å²) in [6.45, 7) is 3.04. The molecule has 7 heteroatoms. The first kappa shape index (κ1) is 15.7. The van der Waals surface area contributed by atoms with E-state index in [1.807, 2.05) is 19.1 Å². The van der Waals surface area contributed by atoms with E-state index in [9.17, 15) is 14.4 Å². The number of hydrogen-bond donors (Lipinski definition) is 2. The minimum Gasteiger partial charge on any atom is -0.342 e. The summed E-state index contributed by atoms with van der Waals surface area (Å²) in [5.41, 5.74) is 0.313. The molecule has 0 bridgehead atoms. The molecule has 116 valence electrons. The van der Waals surface area contributed by atoms with Gasteiger partial charge in [0, 0.05) is 37.2 Å². The zero-order chi connectivity index (χ0) is 15.9. The van der Waals surface area contributed by atoms with Gasteiger partial charge in [0.1, 0.15) is 0 Å². The predicted octanol–water partition coefficient (Wildman–Crippen LogP) is 0.0919. The fourth-order valence-corrected chi connectivity index (χ4v) is 2.16. The summed E-state index contributed by atoms with van der Waals surface area (Å²) in [6, 6.07) is 5.05. The maximum Gasteiger partial charge on any atom is 0.325 e. The van der Waals surface area contributed by atoms with E-state index in [0.29, 0.717) is 18.8 Å². The summed E-state index contributed by atoms with van der Waals surface area (Å²) in [7, 11) is 0. The molecular formula is C15H18N4O3. The zero-order valence-electron chi connectivity index (χ0n) is 12.3. The first-order valence-electron chi connectivity index (χ1n) is 7.07. The number of nitrogens with zero attached hydrogens (tertiary/aromatic N) is 2. The Labute approximate surface area is 127 Å². The van der Waals surface area contributed by atoms with Crippen molar-refractivity contribution in [2.24, 2.45) is 0 Å². The third-order valence-corrected chi connectivity index (χ3v) is 3.31. The maximum absolute atomic E-state index is 12.3. The van der Waals surface area contributed by atoms with Gasteiger partial charge in [-0.25, -0.2) is 4.79 Å². The molecule has 0 aliphatic carbocycles. The number of likely N-dealkylation sites (N-methyl/N-ethyl adjacent to an activating group) is 1. The van der Waals surface area contributed by atoms with Crippen molar-refractivity contribution < 1.29 is 4.79 Å². The summed E-state index contributed by atoms with van der Waals surface area (Å²) in [5, 5.41) is 0. The van der Waals surface area contributed by atoms with E-state index < -0.39 is 11.2 Å². The number of amides is 1. The van der Waals surface area contributed by atoms with Crippen LogP contribution in [0.1, 0.15) is 18.2 Å². The van der Waals surface area contributed by atoms with Crippen LogP contribution >= 0.6 is 0 Å². The standard InChI is InChI=1S/C15H18N4O3/c1-2-19(8-5-11-3-6-16-7-4-11)14(21)10-12-9-13(20)18-15(22)17-12/h3-4,6-7,9H,2,5,8,10H2,1H3,(H2,17,18,20,22). The minimum atomic E-state index is -0.602. The van der Waals surface area contributed by atoms with Crippen LogP contribution in [0.3, 0.4) is 0 Å². The van der Waals surface area contributed by atoms with Gasteiger partial charge >= 0.3 is 5.69 Å². The second kappa shape index (κ2) is 7.35. The van der Waals surface area contributed by atoms with Crippen molar-refractivity contribution >= 4 is 5.91 Å². The Bertz CT molecular complexity index is 708. The maximum atomic E-state index is 12.3. The minimum absolute atomic E-state index is 0.00332. The van der Waals surface area contributed by atoms with Crippen LogP contribution in [-0.4, -0.2) is 38.8 Å². The second-order valence-corrected chi connectivity index (χ2v) is 4.87. The summed E-state index contributed by atoms with van der Waals surface area (Å²) < 4.78 is 0. The van der Waals surface area contributed by atoms with Gasteiger partial charge in [-0.3, -0.25) is 19.6 Å². The molecule has 0 aliphatic rings. The number of pyridine rings is 1. The first-order chi connectivity index (χ1) is 10.6. The van der Waals surface area contributed by atoms with Crippen LogP contribution < -0.4 is 11.2 Å². The van der Waals surface area contributed by atoms with Crippen molar-refractivity contribution in [3.8, 4) is 0 Å². The Hall–Kier alpha value is -2.70. The molecule has 0 spiro atoms. The van der Waals surface area contributed by atoms with Crippen molar-refractivity contribution in [2.45, 2.75) is 19.8 Å². The highest BCUT2D eigenvalue weighted by molar-refractivity contribution is 5.78. The number of H-pyrrole nitrogens is 2. The van der Waals surface area contributed by atoms with E-state index >= 15 is 0 Å². The zero-order valence-corrected chi connectivity index (χ0v) is 12.3. The molecule has 2 rings (SSSR count). The summed E-state index contributed by atoms with van der Waals surface area (Å²) in [4.78, 5) is 44.9. The number of aromatic nitrogens is 3. The SMILES string of the molecule is CCN(CCc1ccncc1)C(=O)Cc1cc(=O)[nH]c(=O)[nH]1. The normalized spacial score (nSPS) is 10.4. The lowest BCUT2D eigenvalue weighted by Crippen LogP contribution is -2.35. The van der Waals surface area contributed by atoms with Crippen LogP contribution in [0.2, 0.25) is 0 Å². The molecule has 22 heavy (non-hydrogen) atoms. The van der Waals surface area contributed by atoms with Crippen LogP contribution in [0, 0.1) is 0 Å². The summed E-state index contributed by atoms with van der Waals surface area (Å²) >= 11 is 0. The lowest BCUT2D eigenvalue weighted by atomic mass is 10.2. The van der Waals surface area contributed by atoms with Crippen LogP contribution in [0.15, 0.2) is 40.2 Å². The third-order valence-electron chi connectivity index (χ3n) is 3.31. The molecule has 0 aliphatic heterocycles. The quantitative estimate of drug-likeness (QED) is 0.790. The van der Waals surface area contributed by atoms with E-state index in [4.69, 9.17) is 0 Å². The number of carbonyl (C=O) groups is 1. The van der Waals surface area contributed by atoms with Crippen molar-refractivity contribution in [2.75, 3.05) is 13.1 Å². The topological polar surface area (TPSA) is 98.9 Å². The van der Waals surface area contributed by atoms with Gasteiger partial charge in [0.2, 0.25) is 5.91 Å². The molecule has 0 atom stereocenters. The molecule has 0 saturated carbocycles. The molecule has 2 N–H and O–H groups in total. The smallest absolute Gasteiger partial charge is 0.325 e. The number of nitrogens with one attached hydrogen (secondary N) is 2. The lowest BCUT2D eigenvalue weighted by Gasteiger charge is -2.20. The van der Waals surface area contributed by atoms with Crippen LogP contribution in [0.4, 0.5) is 0 Å². The van der Waals surface area contributed by atoms with E-state index in [1.165, 1.54) is 6.07 Å². The van der Waals surface area contributed by atoms with Gasteiger partial charge in [0.15, 0.2) is 0 Å². The molecule has 0 aromatic carbocycles. The molecule has 2 heterocycles. The Balaban J connectivity index is 1.99. The van der Waals surface area contributed by atoms with Gasteiger partial charge < -0.3 is 9.88 Å². The third kappa shape index (κ3) is 4.41.